The zero-order valence-electron chi connectivity index (χ0n) is 16.6. The Balaban J connectivity index is 1.80. The van der Waals surface area contributed by atoms with Crippen LogP contribution in [0.3, 0.4) is 0 Å². The summed E-state index contributed by atoms with van der Waals surface area (Å²) in [5.41, 5.74) is 4.73. The van der Waals surface area contributed by atoms with Gasteiger partial charge in [0.2, 0.25) is 0 Å². The number of aromatic carboxylic acids is 1. The van der Waals surface area contributed by atoms with Crippen molar-refractivity contribution in [3.05, 3.63) is 101 Å². The first-order valence-electron chi connectivity index (χ1n) is 9.69. The van der Waals surface area contributed by atoms with E-state index in [4.69, 9.17) is 5.11 Å². The molecule has 0 unspecified atom stereocenters. The lowest BCUT2D eigenvalue weighted by Crippen LogP contribution is -2.11. The van der Waals surface area contributed by atoms with Gasteiger partial charge in [0.15, 0.2) is 0 Å². The average molecular weight is 378 g/mol. The quantitative estimate of drug-likeness (QED) is 0.531. The van der Waals surface area contributed by atoms with Crippen LogP contribution in [0, 0.1) is 17.3 Å². The summed E-state index contributed by atoms with van der Waals surface area (Å²) in [5, 5.41) is 11.4. The Labute approximate surface area is 171 Å². The molecule has 3 aromatic rings. The SMILES string of the molecule is CC1(C)C=CC=C(c2cccc3cccc(C#Cc4ccc(C(=O)O)cc4)c23)C1. The van der Waals surface area contributed by atoms with Crippen LogP contribution in [-0.2, 0) is 0 Å². The van der Waals surface area contributed by atoms with Crippen molar-refractivity contribution in [1.29, 1.82) is 0 Å². The van der Waals surface area contributed by atoms with E-state index in [1.807, 2.05) is 6.07 Å². The molecule has 0 amide bonds. The second-order valence-electron chi connectivity index (χ2n) is 8.06. The van der Waals surface area contributed by atoms with Gasteiger partial charge in [-0.15, -0.1) is 0 Å². The fraction of sp³-hybridized carbons (Fsp3) is 0.148. The molecule has 0 radical (unpaired) electrons. The van der Waals surface area contributed by atoms with Crippen molar-refractivity contribution in [1.82, 2.24) is 0 Å². The van der Waals surface area contributed by atoms with Gasteiger partial charge in [0.05, 0.1) is 5.56 Å². The van der Waals surface area contributed by atoms with Crippen molar-refractivity contribution in [2.24, 2.45) is 5.41 Å². The highest BCUT2D eigenvalue weighted by atomic mass is 16.4. The number of benzene rings is 3. The van der Waals surface area contributed by atoms with E-state index >= 15 is 0 Å². The Kier molecular flexibility index (Phi) is 4.82. The van der Waals surface area contributed by atoms with E-state index < -0.39 is 5.97 Å². The molecule has 29 heavy (non-hydrogen) atoms. The van der Waals surface area contributed by atoms with Crippen molar-refractivity contribution in [3.8, 4) is 11.8 Å². The minimum absolute atomic E-state index is 0.138. The number of carbonyl (C=O) groups is 1. The summed E-state index contributed by atoms with van der Waals surface area (Å²) in [6.45, 7) is 4.51. The van der Waals surface area contributed by atoms with Gasteiger partial charge >= 0.3 is 5.97 Å². The van der Waals surface area contributed by atoms with Crippen LogP contribution in [0.2, 0.25) is 0 Å². The van der Waals surface area contributed by atoms with Crippen LogP contribution in [-0.4, -0.2) is 11.1 Å². The van der Waals surface area contributed by atoms with E-state index in [9.17, 15) is 4.79 Å². The third-order valence-corrected chi connectivity index (χ3v) is 5.21. The Morgan fingerprint density at radius 3 is 2.38 bits per heavy atom. The summed E-state index contributed by atoms with van der Waals surface area (Å²) in [4.78, 5) is 11.0. The van der Waals surface area contributed by atoms with E-state index in [0.29, 0.717) is 0 Å². The van der Waals surface area contributed by atoms with Crippen LogP contribution in [0.15, 0.2) is 78.9 Å². The highest BCUT2D eigenvalue weighted by Crippen LogP contribution is 2.38. The highest BCUT2D eigenvalue weighted by Gasteiger charge is 2.21. The molecule has 0 saturated heterocycles. The molecule has 142 valence electrons. The molecule has 0 spiro atoms. The number of carboxylic acids is 1. The van der Waals surface area contributed by atoms with E-state index in [1.165, 1.54) is 21.9 Å². The normalized spacial score (nSPS) is 14.8. The minimum atomic E-state index is -0.930. The molecule has 0 heterocycles. The van der Waals surface area contributed by atoms with Crippen LogP contribution in [0.5, 0.6) is 0 Å². The number of fused-ring (bicyclic) bond motifs is 1. The first-order valence-corrected chi connectivity index (χ1v) is 9.69. The summed E-state index contributed by atoms with van der Waals surface area (Å²) < 4.78 is 0. The maximum atomic E-state index is 11.0. The maximum Gasteiger partial charge on any atom is 0.335 e. The highest BCUT2D eigenvalue weighted by molar-refractivity contribution is 5.98. The monoisotopic (exact) mass is 378 g/mol. The van der Waals surface area contributed by atoms with Crippen LogP contribution >= 0.6 is 0 Å². The minimum Gasteiger partial charge on any atom is -0.478 e. The molecule has 0 aromatic heterocycles. The molecule has 2 nitrogen and oxygen atoms in total. The average Bonchev–Trinajstić information content (AvgIpc) is 2.71. The van der Waals surface area contributed by atoms with Crippen molar-refractivity contribution < 1.29 is 9.90 Å². The topological polar surface area (TPSA) is 37.3 Å². The fourth-order valence-electron chi connectivity index (χ4n) is 3.77. The summed E-state index contributed by atoms with van der Waals surface area (Å²) in [7, 11) is 0. The van der Waals surface area contributed by atoms with E-state index in [2.05, 4.69) is 74.2 Å². The standard InChI is InChI=1S/C27H22O2/c1-27(2)17-5-9-23(18-27)24-10-4-8-20-6-3-7-21(25(20)24)14-11-19-12-15-22(16-13-19)26(28)29/h3-10,12-13,15-17H,18H2,1-2H3,(H,28,29). The molecule has 0 fully saturated rings. The molecule has 4 rings (SSSR count). The second-order valence-corrected chi connectivity index (χ2v) is 8.06. The number of carboxylic acid groups (broad SMARTS) is 1. The molecule has 1 aliphatic carbocycles. The second kappa shape index (κ2) is 7.45. The number of rotatable bonds is 2. The van der Waals surface area contributed by atoms with Gasteiger partial charge in [0, 0.05) is 16.5 Å². The van der Waals surface area contributed by atoms with Crippen molar-refractivity contribution in [2.75, 3.05) is 0 Å². The molecule has 1 aliphatic rings. The Bertz CT molecular complexity index is 1210. The molecule has 2 heteroatoms. The predicted molar refractivity (Wildman–Crippen MR) is 119 cm³/mol. The Morgan fingerprint density at radius 1 is 0.966 bits per heavy atom. The van der Waals surface area contributed by atoms with Crippen LogP contribution in [0.4, 0.5) is 0 Å². The zero-order valence-corrected chi connectivity index (χ0v) is 16.6. The fourth-order valence-corrected chi connectivity index (χ4v) is 3.77. The number of hydrogen-bond donors (Lipinski definition) is 1. The van der Waals surface area contributed by atoms with Gasteiger partial charge in [-0.25, -0.2) is 4.79 Å². The third-order valence-electron chi connectivity index (χ3n) is 5.21. The van der Waals surface area contributed by atoms with E-state index in [0.717, 1.165) is 17.5 Å². The van der Waals surface area contributed by atoms with Gasteiger partial charge in [-0.2, -0.15) is 0 Å². The number of allylic oxidation sites excluding steroid dienone is 4. The summed E-state index contributed by atoms with van der Waals surface area (Å²) in [6.07, 6.45) is 7.59. The largest absolute Gasteiger partial charge is 0.478 e. The molecule has 0 atom stereocenters. The van der Waals surface area contributed by atoms with Crippen LogP contribution < -0.4 is 0 Å². The molecule has 0 aliphatic heterocycles. The summed E-state index contributed by atoms with van der Waals surface area (Å²) in [5.74, 6) is 5.57. The molecule has 0 saturated carbocycles. The number of hydrogen-bond acceptors (Lipinski definition) is 1. The smallest absolute Gasteiger partial charge is 0.335 e. The first-order chi connectivity index (χ1) is 13.9. The Hall–Kier alpha value is -3.57. The van der Waals surface area contributed by atoms with Crippen molar-refractivity contribution in [2.45, 2.75) is 20.3 Å². The lowest BCUT2D eigenvalue weighted by Gasteiger charge is -2.26. The first kappa shape index (κ1) is 18.8. The van der Waals surface area contributed by atoms with Crippen LogP contribution in [0.1, 0.15) is 47.3 Å². The van der Waals surface area contributed by atoms with Crippen molar-refractivity contribution >= 4 is 22.3 Å². The zero-order chi connectivity index (χ0) is 20.4. The lowest BCUT2D eigenvalue weighted by molar-refractivity contribution is 0.0697. The summed E-state index contributed by atoms with van der Waals surface area (Å²) >= 11 is 0. The van der Waals surface area contributed by atoms with Gasteiger partial charge in [-0.1, -0.05) is 74.2 Å². The van der Waals surface area contributed by atoms with Crippen molar-refractivity contribution in [3.63, 3.8) is 0 Å². The van der Waals surface area contributed by atoms with E-state index in [-0.39, 0.29) is 11.0 Å². The van der Waals surface area contributed by atoms with Crippen LogP contribution in [0.25, 0.3) is 16.3 Å². The molecule has 1 N–H and O–H groups in total. The Morgan fingerprint density at radius 2 is 1.69 bits per heavy atom. The van der Waals surface area contributed by atoms with Gasteiger partial charge in [-0.05, 0) is 58.7 Å². The molecule has 3 aromatic carbocycles. The summed E-state index contributed by atoms with van der Waals surface area (Å²) in [6, 6.07) is 19.3. The van der Waals surface area contributed by atoms with Gasteiger partial charge in [-0.3, -0.25) is 0 Å². The third kappa shape index (κ3) is 4.00. The van der Waals surface area contributed by atoms with E-state index in [1.54, 1.807) is 24.3 Å². The van der Waals surface area contributed by atoms with Gasteiger partial charge in [0.1, 0.15) is 0 Å². The predicted octanol–water partition coefficient (Wildman–Crippen LogP) is 6.31. The molecular weight excluding hydrogens is 356 g/mol. The van der Waals surface area contributed by atoms with Gasteiger partial charge in [0.25, 0.3) is 0 Å². The van der Waals surface area contributed by atoms with Gasteiger partial charge < -0.3 is 5.11 Å². The lowest BCUT2D eigenvalue weighted by atomic mass is 9.79. The molecular formula is C27H22O2. The maximum absolute atomic E-state index is 11.0. The molecule has 0 bridgehead atoms.